The first-order valence-electron chi connectivity index (χ1n) is 7.63. The molecule has 0 unspecified atom stereocenters. The summed E-state index contributed by atoms with van der Waals surface area (Å²) in [5, 5.41) is 9.32. The van der Waals surface area contributed by atoms with Crippen molar-refractivity contribution in [1.82, 2.24) is 15.1 Å². The number of fused-ring (bicyclic) bond motifs is 1. The summed E-state index contributed by atoms with van der Waals surface area (Å²) >= 11 is 0. The highest BCUT2D eigenvalue weighted by Crippen LogP contribution is 2.43. The summed E-state index contributed by atoms with van der Waals surface area (Å²) in [4.78, 5) is 12.0. The van der Waals surface area contributed by atoms with Gasteiger partial charge >= 0.3 is 6.18 Å². The van der Waals surface area contributed by atoms with Gasteiger partial charge < -0.3 is 19.8 Å². The lowest BCUT2D eigenvalue weighted by atomic mass is 10.0. The first-order chi connectivity index (χ1) is 11.9. The molecule has 0 saturated heterocycles. The molecule has 0 aliphatic carbocycles. The molecular weight excluding hydrogens is 341 g/mol. The largest absolute Gasteiger partial charge is 0.467 e. The molecule has 1 aliphatic heterocycles. The molecule has 2 aromatic heterocycles. The molecule has 0 radical (unpaired) electrons. The molecule has 0 spiro atoms. The molecule has 2 aromatic rings. The van der Waals surface area contributed by atoms with E-state index in [2.05, 4.69) is 15.7 Å². The van der Waals surface area contributed by atoms with Gasteiger partial charge in [-0.3, -0.25) is 4.79 Å². The lowest BCUT2D eigenvalue weighted by molar-refractivity contribution is -0.174. The first kappa shape index (κ1) is 17.3. The Morgan fingerprint density at radius 2 is 2.36 bits per heavy atom. The molecular formula is C15H17F3N4O3. The average molecular weight is 358 g/mol. The first-order valence-corrected chi connectivity index (χ1v) is 7.63. The van der Waals surface area contributed by atoms with Gasteiger partial charge in [0.1, 0.15) is 11.6 Å². The van der Waals surface area contributed by atoms with Crippen LogP contribution in [0.15, 0.2) is 28.9 Å². The summed E-state index contributed by atoms with van der Waals surface area (Å²) in [5.74, 6) is -0.0455. The lowest BCUT2D eigenvalue weighted by Gasteiger charge is -2.32. The van der Waals surface area contributed by atoms with Crippen molar-refractivity contribution < 1.29 is 27.1 Å². The van der Waals surface area contributed by atoms with Crippen LogP contribution >= 0.6 is 0 Å². The minimum absolute atomic E-state index is 0.0899. The van der Waals surface area contributed by atoms with Crippen LogP contribution in [0.1, 0.15) is 34.8 Å². The number of amides is 1. The fraction of sp³-hybridized carbons (Fsp3) is 0.467. The molecule has 2 N–H and O–H groups in total. The van der Waals surface area contributed by atoms with Crippen molar-refractivity contribution in [2.75, 3.05) is 25.6 Å². The second-order valence-corrected chi connectivity index (χ2v) is 5.61. The Balaban J connectivity index is 1.87. The van der Waals surface area contributed by atoms with E-state index in [4.69, 9.17) is 9.15 Å². The van der Waals surface area contributed by atoms with E-state index in [0.717, 1.165) is 4.68 Å². The van der Waals surface area contributed by atoms with Gasteiger partial charge in [0.15, 0.2) is 11.7 Å². The van der Waals surface area contributed by atoms with Gasteiger partial charge in [-0.2, -0.15) is 18.3 Å². The Morgan fingerprint density at radius 3 is 3.00 bits per heavy atom. The number of halogens is 3. The molecule has 3 heterocycles. The third-order valence-corrected chi connectivity index (χ3v) is 3.90. The van der Waals surface area contributed by atoms with Crippen LogP contribution in [-0.4, -0.2) is 42.1 Å². The third-order valence-electron chi connectivity index (χ3n) is 3.90. The number of furan rings is 1. The summed E-state index contributed by atoms with van der Waals surface area (Å²) in [6.45, 7) is 0.534. The maximum absolute atomic E-state index is 13.5. The molecule has 2 atom stereocenters. The Morgan fingerprint density at radius 1 is 1.56 bits per heavy atom. The van der Waals surface area contributed by atoms with Gasteiger partial charge in [-0.1, -0.05) is 0 Å². The Hall–Kier alpha value is -2.49. The number of hydrogen-bond acceptors (Lipinski definition) is 5. The number of aromatic nitrogens is 2. The minimum Gasteiger partial charge on any atom is -0.467 e. The van der Waals surface area contributed by atoms with Crippen molar-refractivity contribution in [3.05, 3.63) is 35.9 Å². The number of rotatable bonds is 5. The summed E-state index contributed by atoms with van der Waals surface area (Å²) in [6.07, 6.45) is -3.38. The third kappa shape index (κ3) is 3.63. The predicted octanol–water partition coefficient (Wildman–Crippen LogP) is 2.51. The van der Waals surface area contributed by atoms with Gasteiger partial charge in [-0.15, -0.1) is 0 Å². The number of methoxy groups -OCH3 is 1. The lowest BCUT2D eigenvalue weighted by Crippen LogP contribution is -2.35. The van der Waals surface area contributed by atoms with E-state index >= 15 is 0 Å². The highest BCUT2D eigenvalue weighted by molar-refractivity contribution is 5.93. The number of alkyl halides is 3. The standard InChI is InChI=1S/C15H17F3N4O3/c1-24-6-4-19-14(23)10-8-13-20-9(11-3-2-5-25-11)7-12(15(16,17)18)22(13)21-10/h2-3,5,8-9,12,20H,4,6-7H2,1H3,(H,19,23)/t9-,12-/m0/s1. The van der Waals surface area contributed by atoms with Crippen LogP contribution in [0, 0.1) is 0 Å². The number of ether oxygens (including phenoxy) is 1. The molecule has 0 bridgehead atoms. The summed E-state index contributed by atoms with van der Waals surface area (Å²) in [7, 11) is 1.48. The Labute approximate surface area is 141 Å². The normalized spacial score (nSPS) is 20.0. The van der Waals surface area contributed by atoms with Crippen LogP contribution in [0.4, 0.5) is 19.0 Å². The minimum atomic E-state index is -4.50. The number of anilines is 1. The van der Waals surface area contributed by atoms with Crippen molar-refractivity contribution >= 4 is 11.7 Å². The van der Waals surface area contributed by atoms with E-state index in [1.165, 1.54) is 19.4 Å². The van der Waals surface area contributed by atoms with Gasteiger partial charge in [0.05, 0.1) is 18.9 Å². The van der Waals surface area contributed by atoms with Crippen LogP contribution in [-0.2, 0) is 4.74 Å². The SMILES string of the molecule is COCCNC(=O)c1cc2n(n1)[C@H](C(F)(F)F)C[C@@H](c1ccco1)N2. The van der Waals surface area contributed by atoms with Crippen LogP contribution in [0.2, 0.25) is 0 Å². The highest BCUT2D eigenvalue weighted by Gasteiger charge is 2.47. The van der Waals surface area contributed by atoms with E-state index in [0.29, 0.717) is 12.4 Å². The van der Waals surface area contributed by atoms with Crippen molar-refractivity contribution in [3.63, 3.8) is 0 Å². The zero-order valence-electron chi connectivity index (χ0n) is 13.3. The smallest absolute Gasteiger partial charge is 0.410 e. The van der Waals surface area contributed by atoms with Crippen LogP contribution < -0.4 is 10.6 Å². The van der Waals surface area contributed by atoms with Gasteiger partial charge in [0.25, 0.3) is 5.91 Å². The molecule has 1 amide bonds. The number of hydrogen-bond donors (Lipinski definition) is 2. The molecule has 3 rings (SSSR count). The number of nitrogens with one attached hydrogen (secondary N) is 2. The molecule has 0 fully saturated rings. The fourth-order valence-electron chi connectivity index (χ4n) is 2.72. The highest BCUT2D eigenvalue weighted by atomic mass is 19.4. The van der Waals surface area contributed by atoms with Crippen LogP contribution in [0.5, 0.6) is 0 Å². The second kappa shape index (κ2) is 6.79. The Bertz CT molecular complexity index is 727. The fourth-order valence-corrected chi connectivity index (χ4v) is 2.72. The summed E-state index contributed by atoms with van der Waals surface area (Å²) in [5.41, 5.74) is -0.0899. The van der Waals surface area contributed by atoms with Gasteiger partial charge in [-0.05, 0) is 12.1 Å². The predicted molar refractivity (Wildman–Crippen MR) is 81.2 cm³/mol. The molecule has 136 valence electrons. The molecule has 0 aromatic carbocycles. The summed E-state index contributed by atoms with van der Waals surface area (Å²) < 4.78 is 51.2. The topological polar surface area (TPSA) is 81.3 Å². The zero-order chi connectivity index (χ0) is 18.0. The molecule has 25 heavy (non-hydrogen) atoms. The van der Waals surface area contributed by atoms with Crippen LogP contribution in [0.25, 0.3) is 0 Å². The average Bonchev–Trinajstić information content (AvgIpc) is 3.22. The monoisotopic (exact) mass is 358 g/mol. The maximum atomic E-state index is 13.5. The van der Waals surface area contributed by atoms with E-state index in [1.54, 1.807) is 12.1 Å². The van der Waals surface area contributed by atoms with E-state index in [1.807, 2.05) is 0 Å². The van der Waals surface area contributed by atoms with Gasteiger partial charge in [0, 0.05) is 26.1 Å². The summed E-state index contributed by atoms with van der Waals surface area (Å²) in [6, 6.07) is 2.01. The molecule has 1 aliphatic rings. The zero-order valence-corrected chi connectivity index (χ0v) is 13.3. The van der Waals surface area contributed by atoms with Crippen molar-refractivity contribution in [3.8, 4) is 0 Å². The van der Waals surface area contributed by atoms with Crippen molar-refractivity contribution in [2.45, 2.75) is 24.7 Å². The van der Waals surface area contributed by atoms with E-state index in [-0.39, 0.29) is 24.5 Å². The van der Waals surface area contributed by atoms with Crippen molar-refractivity contribution in [2.24, 2.45) is 0 Å². The molecule has 0 saturated carbocycles. The number of nitrogens with zero attached hydrogens (tertiary/aromatic N) is 2. The van der Waals surface area contributed by atoms with E-state index < -0.39 is 24.2 Å². The van der Waals surface area contributed by atoms with Crippen LogP contribution in [0.3, 0.4) is 0 Å². The number of carbonyl (C=O) groups excluding carboxylic acids is 1. The maximum Gasteiger partial charge on any atom is 0.410 e. The van der Waals surface area contributed by atoms with Crippen molar-refractivity contribution in [1.29, 1.82) is 0 Å². The Kier molecular flexibility index (Phi) is 4.71. The van der Waals surface area contributed by atoms with Gasteiger partial charge in [-0.25, -0.2) is 4.68 Å². The van der Waals surface area contributed by atoms with E-state index in [9.17, 15) is 18.0 Å². The quantitative estimate of drug-likeness (QED) is 0.803. The number of carbonyl (C=O) groups is 1. The second-order valence-electron chi connectivity index (χ2n) is 5.61. The molecule has 10 heteroatoms. The van der Waals surface area contributed by atoms with Gasteiger partial charge in [0.2, 0.25) is 0 Å². The molecule has 7 nitrogen and oxygen atoms in total.